The quantitative estimate of drug-likeness (QED) is 0.573. The summed E-state index contributed by atoms with van der Waals surface area (Å²) in [4.78, 5) is 3.78. The average molecular weight is 165 g/mol. The summed E-state index contributed by atoms with van der Waals surface area (Å²) < 4.78 is 0. The van der Waals surface area contributed by atoms with E-state index in [4.69, 9.17) is 0 Å². The lowest BCUT2D eigenvalue weighted by Crippen LogP contribution is -2.00. The van der Waals surface area contributed by atoms with Crippen LogP contribution in [0.5, 0.6) is 0 Å². The highest BCUT2D eigenvalue weighted by molar-refractivity contribution is 4.88. The molecule has 0 aromatic carbocycles. The van der Waals surface area contributed by atoms with Crippen molar-refractivity contribution in [2.45, 2.75) is 34.1 Å². The van der Waals surface area contributed by atoms with Gasteiger partial charge in [-0.2, -0.15) is 0 Å². The first-order chi connectivity index (χ1) is 5.56. The minimum Gasteiger partial charge on any atom is -0.265 e. The van der Waals surface area contributed by atoms with Gasteiger partial charge in [0.2, 0.25) is 0 Å². The summed E-state index contributed by atoms with van der Waals surface area (Å²) in [5.74, 6) is 0. The van der Waals surface area contributed by atoms with Crippen LogP contribution in [-0.2, 0) is 0 Å². The van der Waals surface area contributed by atoms with Gasteiger partial charge in [0.15, 0.2) is 0 Å². The highest BCUT2D eigenvalue weighted by Gasteiger charge is 2.03. The van der Waals surface area contributed by atoms with E-state index in [1.54, 1.807) is 12.4 Å². The summed E-state index contributed by atoms with van der Waals surface area (Å²) in [6.07, 6.45) is 4.77. The number of aromatic nitrogens is 1. The van der Waals surface area contributed by atoms with Crippen molar-refractivity contribution in [3.05, 3.63) is 30.6 Å². The minimum atomic E-state index is 0.542. The van der Waals surface area contributed by atoms with Crippen LogP contribution < -0.4 is 0 Å². The predicted molar refractivity (Wildman–Crippen MR) is 54.0 cm³/mol. The Hall–Kier alpha value is -0.850. The molecule has 1 aromatic rings. The molecule has 0 radical (unpaired) electrons. The van der Waals surface area contributed by atoms with Crippen molar-refractivity contribution in [1.82, 2.24) is 4.98 Å². The van der Waals surface area contributed by atoms with E-state index in [1.165, 1.54) is 6.42 Å². The molecule has 0 saturated heterocycles. The van der Waals surface area contributed by atoms with Gasteiger partial charge in [0.1, 0.15) is 0 Å². The molecule has 1 nitrogen and oxygen atoms in total. The fraction of sp³-hybridized carbons (Fsp3) is 0.545. The maximum Gasteiger partial charge on any atom is 0.0267 e. The fourth-order valence-corrected chi connectivity index (χ4v) is 0.313. The van der Waals surface area contributed by atoms with Crippen molar-refractivity contribution in [2.75, 3.05) is 0 Å². The van der Waals surface area contributed by atoms with Crippen molar-refractivity contribution in [2.24, 2.45) is 5.41 Å². The molecule has 0 fully saturated rings. The largest absolute Gasteiger partial charge is 0.265 e. The van der Waals surface area contributed by atoms with E-state index >= 15 is 0 Å². The number of rotatable bonds is 0. The minimum absolute atomic E-state index is 0.542. The second-order valence-corrected chi connectivity index (χ2v) is 3.94. The van der Waals surface area contributed by atoms with Crippen LogP contribution in [0.25, 0.3) is 0 Å². The lowest BCUT2D eigenvalue weighted by atomic mass is 9.94. The molecule has 68 valence electrons. The van der Waals surface area contributed by atoms with Crippen molar-refractivity contribution >= 4 is 0 Å². The molecule has 0 aliphatic heterocycles. The SMILES string of the molecule is CCC(C)(C)C.c1ccncc1. The first-order valence-corrected chi connectivity index (χ1v) is 4.41. The molecule has 0 bridgehead atoms. The van der Waals surface area contributed by atoms with Crippen LogP contribution in [0.1, 0.15) is 34.1 Å². The lowest BCUT2D eigenvalue weighted by Gasteiger charge is -2.12. The summed E-state index contributed by atoms with van der Waals surface area (Å²) >= 11 is 0. The van der Waals surface area contributed by atoms with E-state index in [2.05, 4.69) is 32.7 Å². The van der Waals surface area contributed by atoms with E-state index in [1.807, 2.05) is 18.2 Å². The summed E-state index contributed by atoms with van der Waals surface area (Å²) in [6.45, 7) is 8.94. The second kappa shape index (κ2) is 5.76. The third kappa shape index (κ3) is 9.15. The Kier molecular flexibility index (Phi) is 5.35. The van der Waals surface area contributed by atoms with Crippen LogP contribution >= 0.6 is 0 Å². The Morgan fingerprint density at radius 3 is 1.50 bits per heavy atom. The van der Waals surface area contributed by atoms with E-state index in [0.29, 0.717) is 5.41 Å². The highest BCUT2D eigenvalue weighted by Crippen LogP contribution is 2.16. The zero-order valence-electron chi connectivity index (χ0n) is 8.54. The van der Waals surface area contributed by atoms with E-state index in [-0.39, 0.29) is 0 Å². The predicted octanol–water partition coefficient (Wildman–Crippen LogP) is 3.52. The van der Waals surface area contributed by atoms with Crippen molar-refractivity contribution in [3.63, 3.8) is 0 Å². The number of hydrogen-bond acceptors (Lipinski definition) is 1. The molecule has 1 heteroatoms. The van der Waals surface area contributed by atoms with E-state index in [0.717, 1.165) is 0 Å². The Labute approximate surface area is 75.8 Å². The standard InChI is InChI=1S/C6H14.C5H5N/c1-5-6(2,3)4;1-2-4-6-5-3-1/h5H2,1-4H3;1-5H. The first kappa shape index (κ1) is 11.2. The topological polar surface area (TPSA) is 12.9 Å². The van der Waals surface area contributed by atoms with Gasteiger partial charge in [0.25, 0.3) is 0 Å². The van der Waals surface area contributed by atoms with Gasteiger partial charge in [-0.1, -0.05) is 40.2 Å². The molecule has 0 N–H and O–H groups in total. The molecule has 0 aliphatic carbocycles. The molecule has 0 saturated carbocycles. The van der Waals surface area contributed by atoms with Crippen LogP contribution in [0, 0.1) is 5.41 Å². The van der Waals surface area contributed by atoms with Gasteiger partial charge < -0.3 is 0 Å². The number of hydrogen-bond donors (Lipinski definition) is 0. The number of pyridine rings is 1. The molecule has 0 aliphatic rings. The Bertz CT molecular complexity index is 147. The van der Waals surface area contributed by atoms with E-state index < -0.39 is 0 Å². The van der Waals surface area contributed by atoms with Crippen LogP contribution in [0.15, 0.2) is 30.6 Å². The first-order valence-electron chi connectivity index (χ1n) is 4.41. The third-order valence-corrected chi connectivity index (χ3v) is 1.63. The highest BCUT2D eigenvalue weighted by atomic mass is 14.6. The molecule has 0 amide bonds. The monoisotopic (exact) mass is 165 g/mol. The zero-order chi connectivity index (χ0) is 9.45. The van der Waals surface area contributed by atoms with Gasteiger partial charge in [-0.15, -0.1) is 0 Å². The molecular weight excluding hydrogens is 146 g/mol. The Balaban J connectivity index is 0.000000202. The smallest absolute Gasteiger partial charge is 0.0267 e. The third-order valence-electron chi connectivity index (χ3n) is 1.63. The molecule has 0 unspecified atom stereocenters. The molecule has 0 atom stereocenters. The van der Waals surface area contributed by atoms with Crippen molar-refractivity contribution in [1.29, 1.82) is 0 Å². The molecular formula is C11H19N. The number of nitrogens with zero attached hydrogens (tertiary/aromatic N) is 1. The second-order valence-electron chi connectivity index (χ2n) is 3.94. The summed E-state index contributed by atoms with van der Waals surface area (Å²) in [5.41, 5.74) is 0.542. The summed E-state index contributed by atoms with van der Waals surface area (Å²) in [6, 6.07) is 5.72. The maximum absolute atomic E-state index is 3.78. The van der Waals surface area contributed by atoms with Crippen LogP contribution in [0.3, 0.4) is 0 Å². The van der Waals surface area contributed by atoms with Crippen LogP contribution in [0.2, 0.25) is 0 Å². The molecule has 1 heterocycles. The Morgan fingerprint density at radius 1 is 1.00 bits per heavy atom. The Morgan fingerprint density at radius 2 is 1.42 bits per heavy atom. The van der Waals surface area contributed by atoms with Gasteiger partial charge in [0.05, 0.1) is 0 Å². The molecule has 0 spiro atoms. The summed E-state index contributed by atoms with van der Waals surface area (Å²) in [5, 5.41) is 0. The van der Waals surface area contributed by atoms with E-state index in [9.17, 15) is 0 Å². The summed E-state index contributed by atoms with van der Waals surface area (Å²) in [7, 11) is 0. The normalized spacial score (nSPS) is 10.0. The van der Waals surface area contributed by atoms with Gasteiger partial charge in [0, 0.05) is 12.4 Å². The molecule has 12 heavy (non-hydrogen) atoms. The van der Waals surface area contributed by atoms with Crippen LogP contribution in [-0.4, -0.2) is 4.98 Å². The van der Waals surface area contributed by atoms with Crippen molar-refractivity contribution < 1.29 is 0 Å². The molecule has 1 aromatic heterocycles. The lowest BCUT2D eigenvalue weighted by molar-refractivity contribution is 0.398. The molecule has 1 rings (SSSR count). The van der Waals surface area contributed by atoms with Crippen LogP contribution in [0.4, 0.5) is 0 Å². The van der Waals surface area contributed by atoms with Gasteiger partial charge in [-0.3, -0.25) is 4.98 Å². The average Bonchev–Trinajstić information content (AvgIpc) is 2.07. The van der Waals surface area contributed by atoms with Crippen molar-refractivity contribution in [3.8, 4) is 0 Å². The van der Waals surface area contributed by atoms with Gasteiger partial charge in [-0.25, -0.2) is 0 Å². The fourth-order valence-electron chi connectivity index (χ4n) is 0.313. The maximum atomic E-state index is 3.78. The van der Waals surface area contributed by atoms with Gasteiger partial charge >= 0.3 is 0 Å². The zero-order valence-corrected chi connectivity index (χ0v) is 8.54. The van der Waals surface area contributed by atoms with Gasteiger partial charge in [-0.05, 0) is 17.5 Å².